The molecule has 3 aliphatic rings. The van der Waals surface area contributed by atoms with E-state index >= 15 is 0 Å². The molecule has 0 aliphatic carbocycles. The molecule has 1 aromatic carbocycles. The van der Waals surface area contributed by atoms with Crippen LogP contribution < -0.4 is 10.6 Å². The summed E-state index contributed by atoms with van der Waals surface area (Å²) in [6, 6.07) is 4.98. The zero-order valence-electron chi connectivity index (χ0n) is 18.7. The van der Waals surface area contributed by atoms with Gasteiger partial charge in [0.05, 0.1) is 0 Å². The van der Waals surface area contributed by atoms with E-state index in [9.17, 15) is 24.3 Å². The van der Waals surface area contributed by atoms with E-state index in [0.29, 0.717) is 37.9 Å². The first-order valence-corrected chi connectivity index (χ1v) is 11.1. The fraction of sp³-hybridized carbons (Fsp3) is 0.565. The van der Waals surface area contributed by atoms with Crippen LogP contribution >= 0.6 is 0 Å². The molecule has 0 radical (unpaired) electrons. The number of nitrogens with one attached hydrogen (secondary N) is 2. The van der Waals surface area contributed by atoms with Crippen molar-refractivity contribution in [2.45, 2.75) is 71.1 Å². The second kappa shape index (κ2) is 8.11. The highest BCUT2D eigenvalue weighted by Gasteiger charge is 2.40. The van der Waals surface area contributed by atoms with Gasteiger partial charge in [0.1, 0.15) is 6.04 Å². The van der Waals surface area contributed by atoms with E-state index < -0.39 is 18.0 Å². The standard InChI is InChI=1S/C23H30N4O5/c1-23(2,3)18-11-15(8-9-26(18)22(31)32)24-14-4-5-16-13(10-14)12-27(21(16)30)17-6-7-19(28)25-20(17)29/h4-5,10,15,17-18,24H,6-9,11-12H2,1-3H3,(H,31,32)(H,25,28,29). The van der Waals surface area contributed by atoms with Gasteiger partial charge in [-0.2, -0.15) is 0 Å². The molecule has 32 heavy (non-hydrogen) atoms. The summed E-state index contributed by atoms with van der Waals surface area (Å²) in [7, 11) is 0. The monoisotopic (exact) mass is 442 g/mol. The molecule has 1 aromatic rings. The van der Waals surface area contributed by atoms with Gasteiger partial charge in [-0.05, 0) is 48.4 Å². The maximum Gasteiger partial charge on any atom is 0.407 e. The molecule has 9 nitrogen and oxygen atoms in total. The number of hydrogen-bond acceptors (Lipinski definition) is 5. The molecule has 4 rings (SSSR count). The van der Waals surface area contributed by atoms with Gasteiger partial charge in [0, 0.05) is 42.8 Å². The quantitative estimate of drug-likeness (QED) is 0.619. The lowest BCUT2D eigenvalue weighted by Gasteiger charge is -2.45. The number of carboxylic acid groups (broad SMARTS) is 1. The Morgan fingerprint density at radius 3 is 2.59 bits per heavy atom. The third kappa shape index (κ3) is 4.16. The summed E-state index contributed by atoms with van der Waals surface area (Å²) >= 11 is 0. The molecule has 0 bridgehead atoms. The Balaban J connectivity index is 1.46. The van der Waals surface area contributed by atoms with Gasteiger partial charge in [0.25, 0.3) is 5.91 Å². The van der Waals surface area contributed by atoms with Crippen molar-refractivity contribution < 1.29 is 24.3 Å². The molecule has 172 valence electrons. The van der Waals surface area contributed by atoms with Crippen LogP contribution in [-0.4, -0.2) is 63.4 Å². The number of fused-ring (bicyclic) bond motifs is 1. The Bertz CT molecular complexity index is 970. The number of nitrogens with zero attached hydrogens (tertiary/aromatic N) is 2. The van der Waals surface area contributed by atoms with Gasteiger partial charge in [-0.1, -0.05) is 20.8 Å². The number of amides is 4. The van der Waals surface area contributed by atoms with Crippen LogP contribution in [-0.2, 0) is 16.1 Å². The number of carbonyl (C=O) groups is 4. The van der Waals surface area contributed by atoms with E-state index in [1.165, 1.54) is 9.80 Å². The molecule has 0 spiro atoms. The SMILES string of the molecule is CC(C)(C)C1CC(Nc2ccc3c(c2)CN(C2CCC(=O)NC2=O)C3=O)CCN1C(=O)O. The molecular formula is C23H30N4O5. The highest BCUT2D eigenvalue weighted by Crippen LogP contribution is 2.34. The van der Waals surface area contributed by atoms with E-state index in [-0.39, 0.29) is 35.7 Å². The Kier molecular flexibility index (Phi) is 5.60. The summed E-state index contributed by atoms with van der Waals surface area (Å²) < 4.78 is 0. The van der Waals surface area contributed by atoms with Crippen molar-refractivity contribution >= 4 is 29.5 Å². The van der Waals surface area contributed by atoms with Crippen molar-refractivity contribution in [2.75, 3.05) is 11.9 Å². The van der Waals surface area contributed by atoms with Gasteiger partial charge in [-0.3, -0.25) is 19.7 Å². The van der Waals surface area contributed by atoms with Crippen LogP contribution in [0.25, 0.3) is 0 Å². The minimum absolute atomic E-state index is 0.0923. The predicted molar refractivity (Wildman–Crippen MR) is 117 cm³/mol. The number of hydrogen-bond donors (Lipinski definition) is 3. The second-order valence-corrected chi connectivity index (χ2v) is 10.00. The lowest BCUT2D eigenvalue weighted by atomic mass is 9.79. The van der Waals surface area contributed by atoms with Crippen LogP contribution in [0.4, 0.5) is 10.5 Å². The fourth-order valence-electron chi connectivity index (χ4n) is 5.05. The van der Waals surface area contributed by atoms with Crippen LogP contribution in [0.1, 0.15) is 62.4 Å². The zero-order chi connectivity index (χ0) is 23.2. The zero-order valence-corrected chi connectivity index (χ0v) is 18.7. The maximum atomic E-state index is 12.9. The van der Waals surface area contributed by atoms with Crippen LogP contribution in [0.2, 0.25) is 0 Å². The van der Waals surface area contributed by atoms with Gasteiger partial charge < -0.3 is 20.2 Å². The predicted octanol–water partition coefficient (Wildman–Crippen LogP) is 2.42. The first-order chi connectivity index (χ1) is 15.0. The van der Waals surface area contributed by atoms with E-state index in [0.717, 1.165) is 11.3 Å². The van der Waals surface area contributed by atoms with Crippen molar-refractivity contribution in [3.05, 3.63) is 29.3 Å². The molecule has 3 heterocycles. The lowest BCUT2D eigenvalue weighted by Crippen LogP contribution is -2.54. The van der Waals surface area contributed by atoms with Crippen molar-refractivity contribution in [1.82, 2.24) is 15.1 Å². The highest BCUT2D eigenvalue weighted by atomic mass is 16.4. The van der Waals surface area contributed by atoms with Crippen LogP contribution in [0.15, 0.2) is 18.2 Å². The number of benzene rings is 1. The van der Waals surface area contributed by atoms with Gasteiger partial charge >= 0.3 is 6.09 Å². The van der Waals surface area contributed by atoms with E-state index in [1.54, 1.807) is 6.07 Å². The minimum Gasteiger partial charge on any atom is -0.465 e. The van der Waals surface area contributed by atoms with Crippen molar-refractivity contribution in [2.24, 2.45) is 5.41 Å². The van der Waals surface area contributed by atoms with Gasteiger partial charge in [0.15, 0.2) is 0 Å². The summed E-state index contributed by atoms with van der Waals surface area (Å²) in [6.07, 6.45) is 1.10. The molecule has 3 N–H and O–H groups in total. The largest absolute Gasteiger partial charge is 0.465 e. The number of anilines is 1. The summed E-state index contributed by atoms with van der Waals surface area (Å²) in [5, 5.41) is 15.4. The molecule has 3 atom stereocenters. The van der Waals surface area contributed by atoms with Crippen LogP contribution in [0.3, 0.4) is 0 Å². The summed E-state index contributed by atoms with van der Waals surface area (Å²) in [6.45, 7) is 6.97. The minimum atomic E-state index is -0.882. The highest BCUT2D eigenvalue weighted by molar-refractivity contribution is 6.05. The average molecular weight is 443 g/mol. The van der Waals surface area contributed by atoms with Crippen molar-refractivity contribution in [1.29, 1.82) is 0 Å². The molecular weight excluding hydrogens is 412 g/mol. The molecule has 3 aliphatic heterocycles. The van der Waals surface area contributed by atoms with E-state index in [4.69, 9.17) is 0 Å². The molecule has 4 amide bonds. The first-order valence-electron chi connectivity index (χ1n) is 11.1. The third-order valence-corrected chi connectivity index (χ3v) is 6.74. The molecule has 2 fully saturated rings. The summed E-state index contributed by atoms with van der Waals surface area (Å²) in [4.78, 5) is 51.2. The smallest absolute Gasteiger partial charge is 0.407 e. The molecule has 9 heteroatoms. The Morgan fingerprint density at radius 1 is 1.19 bits per heavy atom. The van der Waals surface area contributed by atoms with Crippen LogP contribution in [0.5, 0.6) is 0 Å². The Labute approximate surface area is 187 Å². The van der Waals surface area contributed by atoms with Gasteiger partial charge in [-0.25, -0.2) is 4.79 Å². The Hall–Kier alpha value is -3.10. The number of carbonyl (C=O) groups excluding carboxylic acids is 3. The second-order valence-electron chi connectivity index (χ2n) is 10.00. The van der Waals surface area contributed by atoms with Gasteiger partial charge in [-0.15, -0.1) is 0 Å². The van der Waals surface area contributed by atoms with Crippen molar-refractivity contribution in [3.63, 3.8) is 0 Å². The number of imide groups is 1. The lowest BCUT2D eigenvalue weighted by molar-refractivity contribution is -0.136. The van der Waals surface area contributed by atoms with Gasteiger partial charge in [0.2, 0.25) is 11.8 Å². The summed E-state index contributed by atoms with van der Waals surface area (Å²) in [5.41, 5.74) is 2.13. The average Bonchev–Trinajstić information content (AvgIpc) is 3.03. The Morgan fingerprint density at radius 2 is 1.94 bits per heavy atom. The maximum absolute atomic E-state index is 12.9. The number of rotatable bonds is 3. The normalized spacial score (nSPS) is 26.1. The van der Waals surface area contributed by atoms with Crippen molar-refractivity contribution in [3.8, 4) is 0 Å². The molecule has 0 saturated carbocycles. The van der Waals surface area contributed by atoms with E-state index in [1.807, 2.05) is 12.1 Å². The molecule has 2 saturated heterocycles. The topological polar surface area (TPSA) is 119 Å². The first kappa shape index (κ1) is 22.1. The summed E-state index contributed by atoms with van der Waals surface area (Å²) in [5.74, 6) is -0.910. The molecule has 3 unspecified atom stereocenters. The number of likely N-dealkylation sites (tertiary alicyclic amines) is 1. The van der Waals surface area contributed by atoms with E-state index in [2.05, 4.69) is 31.4 Å². The third-order valence-electron chi connectivity index (χ3n) is 6.74. The fourth-order valence-corrected chi connectivity index (χ4v) is 5.05. The molecule has 0 aromatic heterocycles. The number of piperidine rings is 2. The van der Waals surface area contributed by atoms with Crippen LogP contribution in [0, 0.1) is 5.41 Å².